The van der Waals surface area contributed by atoms with E-state index in [-0.39, 0.29) is 0 Å². The number of nitrogens with one attached hydrogen (secondary N) is 1. The summed E-state index contributed by atoms with van der Waals surface area (Å²) in [5.74, 6) is 0.692. The molecular weight excluding hydrogens is 234 g/mol. The number of hydrogen-bond acceptors (Lipinski definition) is 2. The average Bonchev–Trinajstić information content (AvgIpc) is 2.65. The molecule has 0 aliphatic heterocycles. The van der Waals surface area contributed by atoms with Gasteiger partial charge in [-0.3, -0.25) is 4.68 Å². The highest BCUT2D eigenvalue weighted by Gasteiger charge is 2.08. The van der Waals surface area contributed by atoms with E-state index in [1.165, 1.54) is 10.9 Å². The Bertz CT molecular complexity index is 492. The number of alkyl halides is 1. The lowest BCUT2D eigenvalue weighted by Crippen LogP contribution is -2.26. The molecule has 0 fully saturated rings. The van der Waals surface area contributed by atoms with Crippen LogP contribution in [-0.4, -0.2) is 21.7 Å². The first-order valence-corrected chi connectivity index (χ1v) is 6.45. The number of aryl methyl sites for hydroxylation is 1. The quantitative estimate of drug-likeness (QED) is 0.828. The molecule has 92 valence electrons. The Labute approximate surface area is 107 Å². The van der Waals surface area contributed by atoms with Gasteiger partial charge >= 0.3 is 0 Å². The van der Waals surface area contributed by atoms with Gasteiger partial charge in [0.15, 0.2) is 0 Å². The van der Waals surface area contributed by atoms with Crippen LogP contribution in [0.4, 0.5) is 0 Å². The fourth-order valence-electron chi connectivity index (χ4n) is 1.96. The molecule has 0 amide bonds. The van der Waals surface area contributed by atoms with Crippen molar-refractivity contribution >= 4 is 22.5 Å². The Morgan fingerprint density at radius 2 is 2.18 bits per heavy atom. The number of fused-ring (bicyclic) bond motifs is 1. The molecule has 0 saturated heterocycles. The van der Waals surface area contributed by atoms with E-state index in [9.17, 15) is 0 Å². The van der Waals surface area contributed by atoms with Crippen molar-refractivity contribution in [3.8, 4) is 0 Å². The third-order valence-electron chi connectivity index (χ3n) is 2.99. The molecule has 1 aromatic heterocycles. The Kier molecular flexibility index (Phi) is 4.02. The van der Waals surface area contributed by atoms with E-state index in [0.717, 1.165) is 18.7 Å². The predicted molar refractivity (Wildman–Crippen MR) is 72.4 cm³/mol. The van der Waals surface area contributed by atoms with Gasteiger partial charge in [0, 0.05) is 30.9 Å². The number of aromatic nitrogens is 2. The van der Waals surface area contributed by atoms with E-state index in [4.69, 9.17) is 11.6 Å². The van der Waals surface area contributed by atoms with Gasteiger partial charge in [-0.2, -0.15) is 5.10 Å². The van der Waals surface area contributed by atoms with Crippen molar-refractivity contribution in [1.82, 2.24) is 15.1 Å². The van der Waals surface area contributed by atoms with Crippen LogP contribution in [-0.2, 0) is 13.6 Å². The number of hydrogen-bond donors (Lipinski definition) is 1. The molecule has 0 bridgehead atoms. The lowest BCUT2D eigenvalue weighted by molar-refractivity contribution is 0.529. The van der Waals surface area contributed by atoms with Crippen LogP contribution in [0.3, 0.4) is 0 Å². The monoisotopic (exact) mass is 251 g/mol. The van der Waals surface area contributed by atoms with Crippen LogP contribution in [0.5, 0.6) is 0 Å². The highest BCUT2D eigenvalue weighted by Crippen LogP contribution is 2.17. The smallest absolute Gasteiger partial charge is 0.0841 e. The Balaban J connectivity index is 2.13. The number of halogens is 1. The van der Waals surface area contributed by atoms with Gasteiger partial charge in [-0.25, -0.2) is 0 Å². The molecule has 1 atom stereocenters. The van der Waals surface area contributed by atoms with Crippen LogP contribution >= 0.6 is 11.6 Å². The summed E-state index contributed by atoms with van der Waals surface area (Å²) >= 11 is 5.72. The van der Waals surface area contributed by atoms with Crippen LogP contribution in [0.1, 0.15) is 19.0 Å². The van der Waals surface area contributed by atoms with E-state index in [1.54, 1.807) is 0 Å². The van der Waals surface area contributed by atoms with Crippen molar-refractivity contribution < 1.29 is 0 Å². The molecule has 2 rings (SSSR count). The number of rotatable bonds is 5. The number of benzene rings is 1. The Morgan fingerprint density at radius 3 is 2.94 bits per heavy atom. The highest BCUT2D eigenvalue weighted by atomic mass is 35.5. The lowest BCUT2D eigenvalue weighted by atomic mass is 10.2. The zero-order valence-corrected chi connectivity index (χ0v) is 11.0. The van der Waals surface area contributed by atoms with Gasteiger partial charge in [0.05, 0.1) is 11.2 Å². The van der Waals surface area contributed by atoms with E-state index < -0.39 is 0 Å². The summed E-state index contributed by atoms with van der Waals surface area (Å²) in [6.07, 6.45) is 0.978. The van der Waals surface area contributed by atoms with Gasteiger partial charge in [-0.15, -0.1) is 11.6 Å². The Hall–Kier alpha value is -1.06. The molecule has 0 spiro atoms. The van der Waals surface area contributed by atoms with Crippen molar-refractivity contribution in [3.63, 3.8) is 0 Å². The molecule has 1 heterocycles. The highest BCUT2D eigenvalue weighted by molar-refractivity contribution is 6.17. The molecule has 0 aliphatic rings. The summed E-state index contributed by atoms with van der Waals surface area (Å²) in [6.45, 7) is 2.94. The molecule has 1 unspecified atom stereocenters. The maximum Gasteiger partial charge on any atom is 0.0841 e. The number of nitrogens with zero attached hydrogens (tertiary/aromatic N) is 2. The van der Waals surface area contributed by atoms with Crippen molar-refractivity contribution in [3.05, 3.63) is 30.0 Å². The topological polar surface area (TPSA) is 29.9 Å². The number of para-hydroxylation sites is 1. The first-order valence-electron chi connectivity index (χ1n) is 5.92. The summed E-state index contributed by atoms with van der Waals surface area (Å²) in [5.41, 5.74) is 2.28. The van der Waals surface area contributed by atoms with Crippen molar-refractivity contribution in [2.45, 2.75) is 25.9 Å². The molecule has 0 saturated carbocycles. The fourth-order valence-corrected chi connectivity index (χ4v) is 2.28. The standard InChI is InChI=1S/C13H18ClN3/c1-10(7-8-14)15-9-12-11-5-3-4-6-13(11)17(2)16-12/h3-6,10,15H,7-9H2,1-2H3. The predicted octanol–water partition coefficient (Wildman–Crippen LogP) is 2.68. The first kappa shape index (κ1) is 12.4. The fraction of sp³-hybridized carbons (Fsp3) is 0.462. The summed E-state index contributed by atoms with van der Waals surface area (Å²) in [6, 6.07) is 8.72. The Morgan fingerprint density at radius 1 is 1.41 bits per heavy atom. The van der Waals surface area contributed by atoms with Crippen LogP contribution < -0.4 is 5.32 Å². The van der Waals surface area contributed by atoms with Gasteiger partial charge < -0.3 is 5.32 Å². The van der Waals surface area contributed by atoms with Crippen LogP contribution in [0.25, 0.3) is 10.9 Å². The average molecular weight is 252 g/mol. The molecule has 0 aliphatic carbocycles. The summed E-state index contributed by atoms with van der Waals surface area (Å²) in [4.78, 5) is 0. The second-order valence-electron chi connectivity index (χ2n) is 4.35. The summed E-state index contributed by atoms with van der Waals surface area (Å²) in [5, 5.41) is 9.21. The molecule has 2 aromatic rings. The molecule has 3 nitrogen and oxygen atoms in total. The molecule has 1 N–H and O–H groups in total. The molecule has 4 heteroatoms. The SMILES string of the molecule is CC(CCCl)NCc1nn(C)c2ccccc12. The van der Waals surface area contributed by atoms with Crippen LogP contribution in [0.2, 0.25) is 0 Å². The minimum Gasteiger partial charge on any atom is -0.309 e. The third kappa shape index (κ3) is 2.79. The molecule has 17 heavy (non-hydrogen) atoms. The molecule has 1 aromatic carbocycles. The minimum atomic E-state index is 0.424. The zero-order valence-electron chi connectivity index (χ0n) is 10.3. The lowest BCUT2D eigenvalue weighted by Gasteiger charge is -2.10. The van der Waals surface area contributed by atoms with Crippen LogP contribution in [0, 0.1) is 0 Å². The normalized spacial score (nSPS) is 13.1. The van der Waals surface area contributed by atoms with Gasteiger partial charge in [0.1, 0.15) is 0 Å². The van der Waals surface area contributed by atoms with Crippen LogP contribution in [0.15, 0.2) is 24.3 Å². The van der Waals surface area contributed by atoms with Crippen molar-refractivity contribution in [2.75, 3.05) is 5.88 Å². The maximum atomic E-state index is 5.72. The van der Waals surface area contributed by atoms with E-state index in [1.807, 2.05) is 17.8 Å². The zero-order chi connectivity index (χ0) is 12.3. The van der Waals surface area contributed by atoms with Gasteiger partial charge in [-0.05, 0) is 19.4 Å². The molecular formula is C13H18ClN3. The van der Waals surface area contributed by atoms with Gasteiger partial charge in [0.25, 0.3) is 0 Å². The third-order valence-corrected chi connectivity index (χ3v) is 3.21. The van der Waals surface area contributed by atoms with Gasteiger partial charge in [0.2, 0.25) is 0 Å². The molecule has 0 radical (unpaired) electrons. The first-order chi connectivity index (χ1) is 8.22. The summed E-state index contributed by atoms with van der Waals surface area (Å²) in [7, 11) is 1.98. The van der Waals surface area contributed by atoms with Crippen molar-refractivity contribution in [2.24, 2.45) is 7.05 Å². The summed E-state index contributed by atoms with van der Waals surface area (Å²) < 4.78 is 1.93. The minimum absolute atomic E-state index is 0.424. The van der Waals surface area contributed by atoms with E-state index in [2.05, 4.69) is 35.5 Å². The maximum absolute atomic E-state index is 5.72. The van der Waals surface area contributed by atoms with E-state index in [0.29, 0.717) is 11.9 Å². The largest absolute Gasteiger partial charge is 0.309 e. The second-order valence-corrected chi connectivity index (χ2v) is 4.73. The van der Waals surface area contributed by atoms with Crippen molar-refractivity contribution in [1.29, 1.82) is 0 Å². The van der Waals surface area contributed by atoms with Gasteiger partial charge in [-0.1, -0.05) is 18.2 Å². The second kappa shape index (κ2) is 5.52. The van der Waals surface area contributed by atoms with E-state index >= 15 is 0 Å².